The molecule has 2 rings (SSSR count). The van der Waals surface area contributed by atoms with Crippen molar-refractivity contribution in [1.29, 1.82) is 0 Å². The molecule has 0 aromatic heterocycles. The lowest BCUT2D eigenvalue weighted by Gasteiger charge is -2.09. The highest BCUT2D eigenvalue weighted by Gasteiger charge is 2.05. The molecule has 98 valence electrons. The standard InChI is InChI=1S/C15H15FN2O/c1-10(19)14-8-13(5-6-15(14)17)18-9-11-3-2-4-12(16)7-11/h2-8,18H,9,17H2,1H3. The van der Waals surface area contributed by atoms with Gasteiger partial charge in [0.05, 0.1) is 0 Å². The van der Waals surface area contributed by atoms with Crippen LogP contribution in [0.3, 0.4) is 0 Å². The first-order chi connectivity index (χ1) is 9.06. The summed E-state index contributed by atoms with van der Waals surface area (Å²) >= 11 is 0. The van der Waals surface area contributed by atoms with E-state index in [0.29, 0.717) is 17.8 Å². The molecule has 0 aliphatic heterocycles. The van der Waals surface area contributed by atoms with E-state index in [0.717, 1.165) is 11.3 Å². The summed E-state index contributed by atoms with van der Waals surface area (Å²) in [6.07, 6.45) is 0. The Bertz CT molecular complexity index is 611. The first-order valence-electron chi connectivity index (χ1n) is 5.95. The number of nitrogens with two attached hydrogens (primary N) is 1. The maximum absolute atomic E-state index is 13.0. The van der Waals surface area contributed by atoms with Crippen LogP contribution < -0.4 is 11.1 Å². The second kappa shape index (κ2) is 5.52. The van der Waals surface area contributed by atoms with Gasteiger partial charge in [-0.3, -0.25) is 4.79 Å². The smallest absolute Gasteiger partial charge is 0.161 e. The highest BCUT2D eigenvalue weighted by Crippen LogP contribution is 2.19. The van der Waals surface area contributed by atoms with E-state index in [4.69, 9.17) is 5.73 Å². The minimum atomic E-state index is -0.263. The van der Waals surface area contributed by atoms with Crippen molar-refractivity contribution >= 4 is 17.2 Å². The third-order valence-electron chi connectivity index (χ3n) is 2.82. The van der Waals surface area contributed by atoms with Crippen molar-refractivity contribution in [3.05, 3.63) is 59.4 Å². The van der Waals surface area contributed by atoms with Gasteiger partial charge in [-0.1, -0.05) is 12.1 Å². The lowest BCUT2D eigenvalue weighted by Crippen LogP contribution is -2.04. The number of hydrogen-bond donors (Lipinski definition) is 2. The minimum Gasteiger partial charge on any atom is -0.398 e. The number of halogens is 1. The molecule has 2 aromatic rings. The Morgan fingerprint density at radius 1 is 1.26 bits per heavy atom. The Kier molecular flexibility index (Phi) is 3.80. The Morgan fingerprint density at radius 3 is 2.74 bits per heavy atom. The highest BCUT2D eigenvalue weighted by molar-refractivity contribution is 5.99. The first-order valence-corrected chi connectivity index (χ1v) is 5.95. The van der Waals surface area contributed by atoms with Crippen LogP contribution in [0.2, 0.25) is 0 Å². The molecular formula is C15H15FN2O. The van der Waals surface area contributed by atoms with Gasteiger partial charge in [0.15, 0.2) is 5.78 Å². The van der Waals surface area contributed by atoms with E-state index >= 15 is 0 Å². The number of carbonyl (C=O) groups excluding carboxylic acids is 1. The van der Waals surface area contributed by atoms with Crippen LogP contribution in [0.5, 0.6) is 0 Å². The van der Waals surface area contributed by atoms with Crippen LogP contribution in [0.4, 0.5) is 15.8 Å². The SMILES string of the molecule is CC(=O)c1cc(NCc2cccc(F)c2)ccc1N. The molecule has 2 aromatic carbocycles. The van der Waals surface area contributed by atoms with Crippen molar-refractivity contribution in [2.75, 3.05) is 11.1 Å². The zero-order valence-electron chi connectivity index (χ0n) is 10.6. The molecule has 3 nitrogen and oxygen atoms in total. The molecule has 0 bridgehead atoms. The molecule has 0 saturated carbocycles. The molecule has 0 aliphatic carbocycles. The summed E-state index contributed by atoms with van der Waals surface area (Å²) in [7, 11) is 0. The monoisotopic (exact) mass is 258 g/mol. The summed E-state index contributed by atoms with van der Waals surface area (Å²) in [6, 6.07) is 11.6. The van der Waals surface area contributed by atoms with Crippen molar-refractivity contribution in [3.8, 4) is 0 Å². The third-order valence-corrected chi connectivity index (χ3v) is 2.82. The molecule has 0 spiro atoms. The van der Waals surface area contributed by atoms with Crippen LogP contribution in [0.25, 0.3) is 0 Å². The van der Waals surface area contributed by atoms with E-state index in [-0.39, 0.29) is 11.6 Å². The molecule has 0 heterocycles. The van der Waals surface area contributed by atoms with Gasteiger partial charge in [0.1, 0.15) is 5.82 Å². The Labute approximate surface area is 111 Å². The van der Waals surface area contributed by atoms with Gasteiger partial charge in [0.25, 0.3) is 0 Å². The fourth-order valence-electron chi connectivity index (χ4n) is 1.82. The van der Waals surface area contributed by atoms with Gasteiger partial charge < -0.3 is 11.1 Å². The average Bonchev–Trinajstić information content (AvgIpc) is 2.37. The molecule has 0 fully saturated rings. The van der Waals surface area contributed by atoms with Gasteiger partial charge in [-0.25, -0.2) is 4.39 Å². The number of benzene rings is 2. The number of hydrogen-bond acceptors (Lipinski definition) is 3. The van der Waals surface area contributed by atoms with E-state index in [1.54, 1.807) is 24.3 Å². The van der Waals surface area contributed by atoms with Gasteiger partial charge in [0.2, 0.25) is 0 Å². The van der Waals surface area contributed by atoms with Crippen LogP contribution in [0, 0.1) is 5.82 Å². The van der Waals surface area contributed by atoms with Gasteiger partial charge in [-0.2, -0.15) is 0 Å². The topological polar surface area (TPSA) is 55.1 Å². The Hall–Kier alpha value is -2.36. The van der Waals surface area contributed by atoms with Gasteiger partial charge >= 0.3 is 0 Å². The van der Waals surface area contributed by atoms with Gasteiger partial charge in [0, 0.05) is 23.5 Å². The summed E-state index contributed by atoms with van der Waals surface area (Å²) < 4.78 is 13.0. The van der Waals surface area contributed by atoms with Crippen molar-refractivity contribution < 1.29 is 9.18 Å². The molecule has 19 heavy (non-hydrogen) atoms. The second-order valence-electron chi connectivity index (χ2n) is 4.34. The molecule has 4 heteroatoms. The van der Waals surface area contributed by atoms with Crippen LogP contribution >= 0.6 is 0 Å². The van der Waals surface area contributed by atoms with E-state index in [9.17, 15) is 9.18 Å². The lowest BCUT2D eigenvalue weighted by atomic mass is 10.1. The Morgan fingerprint density at radius 2 is 2.05 bits per heavy atom. The maximum Gasteiger partial charge on any atom is 0.161 e. The average molecular weight is 258 g/mol. The maximum atomic E-state index is 13.0. The number of ketones is 1. The van der Waals surface area contributed by atoms with Gasteiger partial charge in [-0.05, 0) is 42.8 Å². The predicted molar refractivity (Wildman–Crippen MR) is 74.6 cm³/mol. The van der Waals surface area contributed by atoms with Crippen molar-refractivity contribution in [2.24, 2.45) is 0 Å². The molecule has 0 atom stereocenters. The minimum absolute atomic E-state index is 0.0769. The van der Waals surface area contributed by atoms with Crippen molar-refractivity contribution in [1.82, 2.24) is 0 Å². The summed E-state index contributed by atoms with van der Waals surface area (Å²) in [5, 5.41) is 3.14. The van der Waals surface area contributed by atoms with E-state index in [2.05, 4.69) is 5.32 Å². The first kappa shape index (κ1) is 13.1. The molecular weight excluding hydrogens is 243 g/mol. The number of anilines is 2. The highest BCUT2D eigenvalue weighted by atomic mass is 19.1. The van der Waals surface area contributed by atoms with Crippen LogP contribution in [-0.4, -0.2) is 5.78 Å². The van der Waals surface area contributed by atoms with Crippen molar-refractivity contribution in [2.45, 2.75) is 13.5 Å². The summed E-state index contributed by atoms with van der Waals surface area (Å²) in [6.45, 7) is 1.96. The zero-order valence-corrected chi connectivity index (χ0v) is 10.6. The number of Topliss-reactive ketones (excluding diaryl/α,β-unsaturated/α-hetero) is 1. The molecule has 0 radical (unpaired) electrons. The van der Waals surface area contributed by atoms with E-state index < -0.39 is 0 Å². The quantitative estimate of drug-likeness (QED) is 0.654. The Balaban J connectivity index is 2.12. The van der Waals surface area contributed by atoms with Gasteiger partial charge in [-0.15, -0.1) is 0 Å². The number of rotatable bonds is 4. The van der Waals surface area contributed by atoms with E-state index in [1.807, 2.05) is 6.07 Å². The van der Waals surface area contributed by atoms with Crippen LogP contribution in [-0.2, 0) is 6.54 Å². The fraction of sp³-hybridized carbons (Fsp3) is 0.133. The third kappa shape index (κ3) is 3.31. The summed E-state index contributed by atoms with van der Waals surface area (Å²) in [5.41, 5.74) is 8.29. The number of carbonyl (C=O) groups is 1. The predicted octanol–water partition coefficient (Wildman–Crippen LogP) is 3.22. The summed E-state index contributed by atoms with van der Waals surface area (Å²) in [5.74, 6) is -0.340. The molecule has 3 N–H and O–H groups in total. The summed E-state index contributed by atoms with van der Waals surface area (Å²) in [4.78, 5) is 11.4. The largest absolute Gasteiger partial charge is 0.398 e. The van der Waals surface area contributed by atoms with Crippen LogP contribution in [0.15, 0.2) is 42.5 Å². The zero-order chi connectivity index (χ0) is 13.8. The number of nitrogen functional groups attached to an aromatic ring is 1. The molecule has 0 saturated heterocycles. The number of nitrogens with one attached hydrogen (secondary N) is 1. The molecule has 0 amide bonds. The normalized spacial score (nSPS) is 10.2. The fourth-order valence-corrected chi connectivity index (χ4v) is 1.82. The van der Waals surface area contributed by atoms with Crippen LogP contribution in [0.1, 0.15) is 22.8 Å². The second-order valence-corrected chi connectivity index (χ2v) is 4.34. The van der Waals surface area contributed by atoms with E-state index in [1.165, 1.54) is 19.1 Å². The van der Waals surface area contributed by atoms with Crippen molar-refractivity contribution in [3.63, 3.8) is 0 Å². The lowest BCUT2D eigenvalue weighted by molar-refractivity contribution is 0.101. The molecule has 0 unspecified atom stereocenters. The molecule has 0 aliphatic rings.